The van der Waals surface area contributed by atoms with E-state index >= 15 is 0 Å². The van der Waals surface area contributed by atoms with Gasteiger partial charge in [-0.3, -0.25) is 0 Å². The number of sulfonamides is 1. The Hall–Kier alpha value is -2.20. The number of carbonyl (C=O) groups is 1. The van der Waals surface area contributed by atoms with Gasteiger partial charge in [-0.1, -0.05) is 24.1 Å². The Bertz CT molecular complexity index is 1100. The number of benzene rings is 2. The molecule has 2 aromatic carbocycles. The molecule has 0 atom stereocenters. The molecule has 33 heavy (non-hydrogen) atoms. The highest BCUT2D eigenvalue weighted by molar-refractivity contribution is 7.89. The Morgan fingerprint density at radius 2 is 1.79 bits per heavy atom. The van der Waals surface area contributed by atoms with Crippen LogP contribution in [0.1, 0.15) is 35.2 Å². The van der Waals surface area contributed by atoms with Gasteiger partial charge in [0.15, 0.2) is 0 Å². The zero-order valence-electron chi connectivity index (χ0n) is 18.1. The molecule has 2 saturated heterocycles. The summed E-state index contributed by atoms with van der Waals surface area (Å²) in [5.41, 5.74) is 0.737. The van der Waals surface area contributed by atoms with Crippen molar-refractivity contribution in [2.45, 2.75) is 30.8 Å². The minimum Gasteiger partial charge on any atom is -0.457 e. The van der Waals surface area contributed by atoms with Gasteiger partial charge >= 0.3 is 5.97 Å². The molecular formula is C23H26ClFN2O5S. The first-order valence-electron chi connectivity index (χ1n) is 10.9. The van der Waals surface area contributed by atoms with E-state index in [0.717, 1.165) is 19.3 Å². The first-order chi connectivity index (χ1) is 15.9. The number of nitrogens with zero attached hydrogens (tertiary/aromatic N) is 2. The Kier molecular flexibility index (Phi) is 7.53. The minimum atomic E-state index is -3.74. The van der Waals surface area contributed by atoms with E-state index in [9.17, 15) is 17.6 Å². The van der Waals surface area contributed by atoms with Crippen molar-refractivity contribution in [2.24, 2.45) is 0 Å². The smallest absolute Gasteiger partial charge is 0.340 e. The molecular weight excluding hydrogens is 471 g/mol. The third-order valence-corrected chi connectivity index (χ3v) is 8.15. The molecule has 0 saturated carbocycles. The molecule has 7 nitrogen and oxygen atoms in total. The quantitative estimate of drug-likeness (QED) is 0.565. The van der Waals surface area contributed by atoms with E-state index in [1.165, 1.54) is 34.6 Å². The number of halogens is 2. The number of anilines is 1. The van der Waals surface area contributed by atoms with E-state index in [1.807, 2.05) is 4.90 Å². The van der Waals surface area contributed by atoms with E-state index in [-0.39, 0.29) is 27.7 Å². The van der Waals surface area contributed by atoms with Crippen LogP contribution in [0, 0.1) is 5.82 Å². The normalized spacial score (nSPS) is 17.7. The average molecular weight is 497 g/mol. The molecule has 178 valence electrons. The van der Waals surface area contributed by atoms with Gasteiger partial charge in [0.2, 0.25) is 10.0 Å². The summed E-state index contributed by atoms with van der Waals surface area (Å²) in [6.07, 6.45) is 2.62. The topological polar surface area (TPSA) is 76.2 Å². The van der Waals surface area contributed by atoms with Crippen molar-refractivity contribution in [3.05, 3.63) is 58.4 Å². The summed E-state index contributed by atoms with van der Waals surface area (Å²) in [5.74, 6) is -1.32. The fraction of sp³-hybridized carbons (Fsp3) is 0.435. The second kappa shape index (κ2) is 10.4. The van der Waals surface area contributed by atoms with Gasteiger partial charge in [0.05, 0.1) is 34.4 Å². The molecule has 2 fully saturated rings. The summed E-state index contributed by atoms with van der Waals surface area (Å²) in [4.78, 5) is 15.1. The Balaban J connectivity index is 1.65. The van der Waals surface area contributed by atoms with Crippen LogP contribution in [0.4, 0.5) is 10.1 Å². The second-order valence-electron chi connectivity index (χ2n) is 8.02. The summed E-state index contributed by atoms with van der Waals surface area (Å²) in [6, 6.07) is 8.74. The SMILES string of the molecule is O=C(OCc1c(F)cccc1Cl)c1cc(S(=O)(=O)N2CCCCC2)ccc1N1CCOCC1. The lowest BCUT2D eigenvalue weighted by Gasteiger charge is -2.31. The van der Waals surface area contributed by atoms with Crippen molar-refractivity contribution in [1.82, 2.24) is 4.31 Å². The van der Waals surface area contributed by atoms with E-state index < -0.39 is 21.8 Å². The molecule has 0 aromatic heterocycles. The van der Waals surface area contributed by atoms with Crippen LogP contribution in [-0.2, 0) is 26.1 Å². The fourth-order valence-corrected chi connectivity index (χ4v) is 5.82. The van der Waals surface area contributed by atoms with Crippen LogP contribution >= 0.6 is 11.6 Å². The van der Waals surface area contributed by atoms with Gasteiger partial charge in [-0.15, -0.1) is 0 Å². The highest BCUT2D eigenvalue weighted by Gasteiger charge is 2.29. The molecule has 0 bridgehead atoms. The summed E-state index contributed by atoms with van der Waals surface area (Å²) in [6.45, 7) is 2.64. The Morgan fingerprint density at radius 1 is 1.06 bits per heavy atom. The second-order valence-corrected chi connectivity index (χ2v) is 10.4. The lowest BCUT2D eigenvalue weighted by atomic mass is 10.1. The van der Waals surface area contributed by atoms with Crippen LogP contribution in [0.5, 0.6) is 0 Å². The molecule has 2 aliphatic rings. The highest BCUT2D eigenvalue weighted by atomic mass is 35.5. The van der Waals surface area contributed by atoms with Gasteiger partial charge in [-0.25, -0.2) is 17.6 Å². The number of esters is 1. The van der Waals surface area contributed by atoms with Crippen molar-refractivity contribution in [1.29, 1.82) is 0 Å². The van der Waals surface area contributed by atoms with Crippen LogP contribution < -0.4 is 4.90 Å². The lowest BCUT2D eigenvalue weighted by molar-refractivity contribution is 0.0468. The maximum atomic E-state index is 14.1. The van der Waals surface area contributed by atoms with Crippen LogP contribution in [-0.4, -0.2) is 58.1 Å². The number of piperidine rings is 1. The molecule has 0 unspecified atom stereocenters. The monoisotopic (exact) mass is 496 g/mol. The van der Waals surface area contributed by atoms with Gasteiger partial charge in [0.1, 0.15) is 12.4 Å². The highest BCUT2D eigenvalue weighted by Crippen LogP contribution is 2.29. The van der Waals surface area contributed by atoms with Crippen molar-refractivity contribution in [3.63, 3.8) is 0 Å². The Labute approximate surface area is 198 Å². The summed E-state index contributed by atoms with van der Waals surface area (Å²) in [5, 5.41) is 0.151. The third-order valence-electron chi connectivity index (χ3n) is 5.90. The predicted molar refractivity (Wildman–Crippen MR) is 123 cm³/mol. The molecule has 10 heteroatoms. The molecule has 4 rings (SSSR count). The van der Waals surface area contributed by atoms with E-state index in [2.05, 4.69) is 0 Å². The number of hydrogen-bond acceptors (Lipinski definition) is 6. The molecule has 2 aliphatic heterocycles. The molecule has 0 radical (unpaired) electrons. The van der Waals surface area contributed by atoms with Crippen LogP contribution in [0.2, 0.25) is 5.02 Å². The van der Waals surface area contributed by atoms with Crippen LogP contribution in [0.25, 0.3) is 0 Å². The number of ether oxygens (including phenoxy) is 2. The first-order valence-corrected chi connectivity index (χ1v) is 12.8. The summed E-state index contributed by atoms with van der Waals surface area (Å²) >= 11 is 6.04. The van der Waals surface area contributed by atoms with Gasteiger partial charge in [0, 0.05) is 31.7 Å². The molecule has 0 spiro atoms. The van der Waals surface area contributed by atoms with Crippen LogP contribution in [0.15, 0.2) is 41.3 Å². The fourth-order valence-electron chi connectivity index (χ4n) is 4.06. The summed E-state index contributed by atoms with van der Waals surface area (Å²) < 4.78 is 52.7. The molecule has 0 aliphatic carbocycles. The maximum Gasteiger partial charge on any atom is 0.340 e. The Morgan fingerprint density at radius 3 is 2.48 bits per heavy atom. The van der Waals surface area contributed by atoms with Crippen molar-refractivity contribution >= 4 is 33.3 Å². The predicted octanol–water partition coefficient (Wildman–Crippen LogP) is 3.85. The van der Waals surface area contributed by atoms with E-state index in [1.54, 1.807) is 6.07 Å². The van der Waals surface area contributed by atoms with Gasteiger partial charge in [-0.2, -0.15) is 4.31 Å². The van der Waals surface area contributed by atoms with E-state index in [0.29, 0.717) is 45.1 Å². The van der Waals surface area contributed by atoms with Gasteiger partial charge < -0.3 is 14.4 Å². The largest absolute Gasteiger partial charge is 0.457 e. The van der Waals surface area contributed by atoms with Crippen molar-refractivity contribution in [2.75, 3.05) is 44.3 Å². The van der Waals surface area contributed by atoms with Crippen molar-refractivity contribution < 1.29 is 27.1 Å². The zero-order chi connectivity index (χ0) is 23.4. The van der Waals surface area contributed by atoms with Gasteiger partial charge in [0.25, 0.3) is 0 Å². The zero-order valence-corrected chi connectivity index (χ0v) is 19.7. The van der Waals surface area contributed by atoms with Crippen LogP contribution in [0.3, 0.4) is 0 Å². The van der Waals surface area contributed by atoms with Crippen molar-refractivity contribution in [3.8, 4) is 0 Å². The van der Waals surface area contributed by atoms with E-state index in [4.69, 9.17) is 21.1 Å². The first kappa shape index (κ1) is 23.9. The molecule has 2 heterocycles. The minimum absolute atomic E-state index is 0.0392. The maximum absolute atomic E-state index is 14.1. The van der Waals surface area contributed by atoms with Gasteiger partial charge in [-0.05, 0) is 43.2 Å². The number of morpholine rings is 1. The average Bonchev–Trinajstić information content (AvgIpc) is 2.84. The molecule has 0 amide bonds. The standard InChI is InChI=1S/C23H26ClFN2O5S/c24-20-5-4-6-21(25)19(20)16-32-23(28)18-15-17(33(29,30)27-9-2-1-3-10-27)7-8-22(18)26-11-13-31-14-12-26/h4-8,15H,1-3,9-14,16H2. The lowest BCUT2D eigenvalue weighted by Crippen LogP contribution is -2.38. The number of hydrogen-bond donors (Lipinski definition) is 0. The number of rotatable bonds is 6. The molecule has 0 N–H and O–H groups in total. The number of carbonyl (C=O) groups excluding carboxylic acids is 1. The summed E-state index contributed by atoms with van der Waals surface area (Å²) in [7, 11) is -3.74. The molecule has 2 aromatic rings. The third kappa shape index (κ3) is 5.32.